The van der Waals surface area contributed by atoms with Crippen LogP contribution in [0.1, 0.15) is 6.42 Å². The SMILES string of the molecule is O=C(O)C[CH2][Sb+][c]1ccccc1.O=P[O-]. The molecule has 0 fully saturated rings. The molecule has 80 valence electrons. The Morgan fingerprint density at radius 2 is 1.93 bits per heavy atom. The average Bonchev–Trinajstić information content (AvgIpc) is 2.20. The maximum Gasteiger partial charge on any atom is 0.0642 e. The van der Waals surface area contributed by atoms with E-state index < -0.39 is 36.3 Å². The monoisotopic (exact) mass is 334 g/mol. The second-order valence-corrected chi connectivity index (χ2v) is 6.24. The van der Waals surface area contributed by atoms with Gasteiger partial charge in [-0.15, -0.1) is 0 Å². The van der Waals surface area contributed by atoms with Crippen LogP contribution in [0, 0.1) is 0 Å². The zero-order chi connectivity index (χ0) is 11.5. The smallest absolute Gasteiger partial charge is 0.0642 e. The van der Waals surface area contributed by atoms with Crippen LogP contribution in [-0.2, 0) is 9.36 Å². The first-order chi connectivity index (χ1) is 7.20. The molecule has 1 aromatic carbocycles. The summed E-state index contributed by atoms with van der Waals surface area (Å²) in [5, 5.41) is 8.42. The van der Waals surface area contributed by atoms with E-state index in [1.165, 1.54) is 3.51 Å². The van der Waals surface area contributed by atoms with Gasteiger partial charge in [0.2, 0.25) is 0 Å². The van der Waals surface area contributed by atoms with Crippen molar-refractivity contribution in [2.45, 2.75) is 10.8 Å². The van der Waals surface area contributed by atoms with Crippen LogP contribution in [0.5, 0.6) is 0 Å². The van der Waals surface area contributed by atoms with Crippen LogP contribution < -0.4 is 8.40 Å². The first-order valence-electron chi connectivity index (χ1n) is 4.10. The van der Waals surface area contributed by atoms with Crippen molar-refractivity contribution in [2.75, 3.05) is 0 Å². The molecule has 0 aliphatic carbocycles. The van der Waals surface area contributed by atoms with Gasteiger partial charge in [0.1, 0.15) is 0 Å². The number of hydrogen-bond donors (Lipinski definition) is 1. The van der Waals surface area contributed by atoms with E-state index in [0.29, 0.717) is 6.42 Å². The minimum Gasteiger partial charge on any atom is -0.772 e. The number of hydrogen-bond acceptors (Lipinski definition) is 3. The second-order valence-electron chi connectivity index (χ2n) is 2.44. The normalized spacial score (nSPS) is 9.13. The quantitative estimate of drug-likeness (QED) is 0.641. The van der Waals surface area contributed by atoms with Crippen molar-refractivity contribution in [3.63, 3.8) is 0 Å². The Morgan fingerprint density at radius 1 is 1.40 bits per heavy atom. The molecule has 4 nitrogen and oxygen atoms in total. The van der Waals surface area contributed by atoms with E-state index in [2.05, 4.69) is 12.1 Å². The molecule has 2 radical (unpaired) electrons. The van der Waals surface area contributed by atoms with Gasteiger partial charge in [0.05, 0.1) is 8.69 Å². The second kappa shape index (κ2) is 10.1. The maximum absolute atomic E-state index is 10.2. The molecule has 0 saturated heterocycles. The molecule has 0 unspecified atom stereocenters. The van der Waals surface area contributed by atoms with E-state index in [1.807, 2.05) is 18.2 Å². The molecule has 1 N–H and O–H groups in total. The molecule has 0 aliphatic rings. The summed E-state index contributed by atoms with van der Waals surface area (Å²) in [5.41, 5.74) is 0. The fourth-order valence-corrected chi connectivity index (χ4v) is 3.51. The average molecular weight is 335 g/mol. The summed E-state index contributed by atoms with van der Waals surface area (Å²) in [5.74, 6) is -0.679. The number of aliphatic carboxylic acids is 1. The largest absolute Gasteiger partial charge is 0.772 e. The van der Waals surface area contributed by atoms with Crippen molar-refractivity contribution in [3.8, 4) is 0 Å². The predicted molar refractivity (Wildman–Crippen MR) is 56.5 cm³/mol. The molecule has 0 saturated carbocycles. The third kappa shape index (κ3) is 9.86. The Bertz CT molecular complexity index is 291. The van der Waals surface area contributed by atoms with Crippen molar-refractivity contribution in [1.29, 1.82) is 0 Å². The molecule has 1 aromatic rings. The van der Waals surface area contributed by atoms with Crippen LogP contribution in [0.3, 0.4) is 0 Å². The Labute approximate surface area is 100 Å². The van der Waals surface area contributed by atoms with Crippen LogP contribution in [-0.4, -0.2) is 32.7 Å². The Balaban J connectivity index is 0.000000583. The van der Waals surface area contributed by atoms with Crippen LogP contribution in [0.2, 0.25) is 4.37 Å². The summed E-state index contributed by atoms with van der Waals surface area (Å²) in [6.45, 7) is 0. The summed E-state index contributed by atoms with van der Waals surface area (Å²) in [6.07, 6.45) is 0.325. The number of carbonyl (C=O) groups is 1. The predicted octanol–water partition coefficient (Wildman–Crippen LogP) is 0.462. The van der Waals surface area contributed by atoms with Crippen molar-refractivity contribution >= 4 is 39.8 Å². The zero-order valence-corrected chi connectivity index (χ0v) is 11.3. The van der Waals surface area contributed by atoms with Crippen LogP contribution in [0.4, 0.5) is 0 Å². The molecule has 0 heterocycles. The zero-order valence-electron chi connectivity index (χ0n) is 7.87. The summed E-state index contributed by atoms with van der Waals surface area (Å²) < 4.78 is 10.6. The maximum atomic E-state index is 10.2. The Hall–Kier alpha value is -0.432. The Morgan fingerprint density at radius 3 is 2.40 bits per heavy atom. The van der Waals surface area contributed by atoms with Crippen LogP contribution in [0.25, 0.3) is 0 Å². The summed E-state index contributed by atoms with van der Waals surface area (Å²) in [6, 6.07) is 10.2. The van der Waals surface area contributed by atoms with Crippen molar-refractivity contribution in [3.05, 3.63) is 30.3 Å². The first-order valence-corrected chi connectivity index (χ1v) is 7.91. The van der Waals surface area contributed by atoms with Crippen molar-refractivity contribution in [2.24, 2.45) is 0 Å². The van der Waals surface area contributed by atoms with E-state index in [1.54, 1.807) is 0 Å². The summed E-state index contributed by atoms with van der Waals surface area (Å²) >= 11 is -0.430. The van der Waals surface area contributed by atoms with Gasteiger partial charge in [-0.25, -0.2) is 0 Å². The van der Waals surface area contributed by atoms with Gasteiger partial charge in [-0.2, -0.15) is 0 Å². The molecule has 0 bridgehead atoms. The van der Waals surface area contributed by atoms with E-state index in [4.69, 9.17) is 14.6 Å². The van der Waals surface area contributed by atoms with Gasteiger partial charge in [0.15, 0.2) is 0 Å². The molecule has 1 rings (SSSR count). The molecule has 0 aromatic heterocycles. The number of carboxylic acid groups (broad SMARTS) is 1. The van der Waals surface area contributed by atoms with Crippen molar-refractivity contribution < 1.29 is 19.4 Å². The third-order valence-electron chi connectivity index (χ3n) is 1.38. The van der Waals surface area contributed by atoms with Gasteiger partial charge in [0.25, 0.3) is 0 Å². The summed E-state index contributed by atoms with van der Waals surface area (Å²) in [4.78, 5) is 18.6. The van der Waals surface area contributed by atoms with Crippen molar-refractivity contribution in [1.82, 2.24) is 0 Å². The molecule has 0 aliphatic heterocycles. The van der Waals surface area contributed by atoms with Gasteiger partial charge in [-0.05, 0) is 0 Å². The molecule has 15 heavy (non-hydrogen) atoms. The molecule has 0 spiro atoms. The minimum absolute atomic E-state index is 0.325. The molecule has 0 amide bonds. The van der Waals surface area contributed by atoms with E-state index >= 15 is 0 Å². The molecule has 6 heteroatoms. The van der Waals surface area contributed by atoms with Crippen LogP contribution in [0.15, 0.2) is 30.3 Å². The van der Waals surface area contributed by atoms with Gasteiger partial charge in [0, 0.05) is 0 Å². The van der Waals surface area contributed by atoms with Gasteiger partial charge in [-0.3, -0.25) is 4.57 Å². The first kappa shape index (κ1) is 14.6. The van der Waals surface area contributed by atoms with E-state index in [0.717, 1.165) is 4.37 Å². The molecular formula is C9H10O4PSb. The number of benzene rings is 1. The van der Waals surface area contributed by atoms with E-state index in [-0.39, 0.29) is 0 Å². The molecular weight excluding hydrogens is 325 g/mol. The fraction of sp³-hybridized carbons (Fsp3) is 0.222. The molecule has 0 atom stereocenters. The standard InChI is InChI=1S/C6H5.C3H5O2.HO2P.Sb/c1-2-4-6-5-3-1;1-2-3(4)5;1-3-2;/h1-5H;1-2H2,(H,4,5);(H,1,2);/q;;;+1/p-1. The summed E-state index contributed by atoms with van der Waals surface area (Å²) in [7, 11) is -1.08. The van der Waals surface area contributed by atoms with Gasteiger partial charge >= 0.3 is 82.1 Å². The minimum atomic E-state index is -1.08. The number of carboxylic acids is 1. The third-order valence-corrected chi connectivity index (χ3v) is 4.55. The van der Waals surface area contributed by atoms with Crippen LogP contribution >= 0.6 is 8.69 Å². The topological polar surface area (TPSA) is 77.4 Å². The fourth-order valence-electron chi connectivity index (χ4n) is 0.814. The van der Waals surface area contributed by atoms with E-state index in [9.17, 15) is 4.79 Å². The van der Waals surface area contributed by atoms with Gasteiger partial charge in [-0.1, -0.05) is 0 Å². The number of rotatable bonds is 4. The Kier molecular flexibility index (Phi) is 9.81. The van der Waals surface area contributed by atoms with Gasteiger partial charge < -0.3 is 4.89 Å².